The van der Waals surface area contributed by atoms with Crippen molar-refractivity contribution in [3.63, 3.8) is 0 Å². The van der Waals surface area contributed by atoms with E-state index in [1.807, 2.05) is 13.8 Å². The van der Waals surface area contributed by atoms with Crippen LogP contribution in [0.2, 0.25) is 0 Å². The summed E-state index contributed by atoms with van der Waals surface area (Å²) < 4.78 is 5.59. The molecule has 0 saturated carbocycles. The van der Waals surface area contributed by atoms with E-state index in [2.05, 4.69) is 53.3 Å². The fraction of sp³-hybridized carbons (Fsp3) is 0.800. The first-order valence-corrected chi connectivity index (χ1v) is 7.76. The lowest BCUT2D eigenvalue weighted by Crippen LogP contribution is -2.23. The van der Waals surface area contributed by atoms with Crippen LogP contribution in [0, 0.1) is 5.41 Å². The molecule has 2 N–H and O–H groups in total. The van der Waals surface area contributed by atoms with Crippen LogP contribution >= 0.6 is 0 Å². The van der Waals surface area contributed by atoms with E-state index < -0.39 is 0 Å². The number of hydrogen-bond donors (Lipinski definition) is 2. The number of rotatable bonds is 9. The minimum absolute atomic E-state index is 0.0337. The Morgan fingerprint density at radius 1 is 1.05 bits per heavy atom. The first-order valence-electron chi connectivity index (χ1n) is 7.76. The van der Waals surface area contributed by atoms with Crippen LogP contribution in [0.25, 0.3) is 0 Å². The normalized spacial score (nSPS) is 11.6. The van der Waals surface area contributed by atoms with Gasteiger partial charge in [0.25, 0.3) is 0 Å². The third-order valence-electron chi connectivity index (χ3n) is 3.17. The average Bonchev–Trinajstić information content (AvgIpc) is 2.42. The zero-order chi connectivity index (χ0) is 15.9. The highest BCUT2D eigenvalue weighted by molar-refractivity contribution is 5.36. The van der Waals surface area contributed by atoms with Crippen LogP contribution in [0.3, 0.4) is 0 Å². The van der Waals surface area contributed by atoms with Crippen molar-refractivity contribution in [1.82, 2.24) is 15.0 Å². The number of hydrogen-bond acceptors (Lipinski definition) is 6. The molecule has 1 rings (SSSR count). The molecule has 0 fully saturated rings. The summed E-state index contributed by atoms with van der Waals surface area (Å²) in [5, 5.41) is 6.46. The fourth-order valence-electron chi connectivity index (χ4n) is 1.46. The van der Waals surface area contributed by atoms with Gasteiger partial charge in [0.2, 0.25) is 11.9 Å². The van der Waals surface area contributed by atoms with Gasteiger partial charge >= 0.3 is 6.01 Å². The molecule has 0 aliphatic carbocycles. The summed E-state index contributed by atoms with van der Waals surface area (Å²) in [5.41, 5.74) is 0.197. The molecule has 0 aliphatic rings. The van der Waals surface area contributed by atoms with Crippen molar-refractivity contribution < 1.29 is 4.74 Å². The Hall–Kier alpha value is -1.59. The second-order valence-electron chi connectivity index (χ2n) is 6.23. The van der Waals surface area contributed by atoms with Crippen LogP contribution in [-0.4, -0.2) is 34.1 Å². The highest BCUT2D eigenvalue weighted by Crippen LogP contribution is 2.20. The number of nitrogens with one attached hydrogen (secondary N) is 2. The molecule has 21 heavy (non-hydrogen) atoms. The van der Waals surface area contributed by atoms with Crippen molar-refractivity contribution in [2.75, 3.05) is 23.7 Å². The van der Waals surface area contributed by atoms with Crippen LogP contribution in [0.15, 0.2) is 0 Å². The number of anilines is 2. The second-order valence-corrected chi connectivity index (χ2v) is 6.23. The van der Waals surface area contributed by atoms with Gasteiger partial charge in [-0.25, -0.2) is 0 Å². The maximum Gasteiger partial charge on any atom is 0.323 e. The summed E-state index contributed by atoms with van der Waals surface area (Å²) >= 11 is 0. The Labute approximate surface area is 128 Å². The third kappa shape index (κ3) is 6.60. The lowest BCUT2D eigenvalue weighted by atomic mass is 9.90. The van der Waals surface area contributed by atoms with Crippen LogP contribution < -0.4 is 15.4 Å². The second kappa shape index (κ2) is 8.00. The van der Waals surface area contributed by atoms with Gasteiger partial charge in [0.05, 0.1) is 6.10 Å². The molecule has 0 amide bonds. The smallest absolute Gasteiger partial charge is 0.323 e. The number of aromatic nitrogens is 3. The predicted octanol–water partition coefficient (Wildman–Crippen LogP) is 3.33. The minimum Gasteiger partial charge on any atom is -0.461 e. The molecular weight excluding hydrogens is 266 g/mol. The van der Waals surface area contributed by atoms with Gasteiger partial charge in [0.15, 0.2) is 0 Å². The van der Waals surface area contributed by atoms with E-state index in [0.717, 1.165) is 25.9 Å². The van der Waals surface area contributed by atoms with Crippen molar-refractivity contribution in [3.05, 3.63) is 0 Å². The topological polar surface area (TPSA) is 72.0 Å². The van der Waals surface area contributed by atoms with E-state index in [1.54, 1.807) is 0 Å². The first-order chi connectivity index (χ1) is 9.86. The summed E-state index contributed by atoms with van der Waals surface area (Å²) in [6.07, 6.45) is 2.13. The summed E-state index contributed by atoms with van der Waals surface area (Å²) in [4.78, 5) is 13.0. The largest absolute Gasteiger partial charge is 0.461 e. The standard InChI is InChI=1S/C15H29N5O/c1-7-9-16-12-18-13(17-10-15(5,6)8-2)20-14(19-12)21-11(3)4/h11H,7-10H2,1-6H3,(H2,16,17,18,19,20). The molecule has 0 saturated heterocycles. The van der Waals surface area contributed by atoms with Crippen LogP contribution in [0.4, 0.5) is 11.9 Å². The predicted molar refractivity (Wildman–Crippen MR) is 86.9 cm³/mol. The Morgan fingerprint density at radius 2 is 1.67 bits per heavy atom. The number of ether oxygens (including phenoxy) is 1. The van der Waals surface area contributed by atoms with E-state index in [-0.39, 0.29) is 11.5 Å². The number of nitrogens with zero attached hydrogens (tertiary/aromatic N) is 3. The van der Waals surface area contributed by atoms with Gasteiger partial charge in [-0.05, 0) is 32.1 Å². The van der Waals surface area contributed by atoms with Gasteiger partial charge in [-0.2, -0.15) is 15.0 Å². The quantitative estimate of drug-likeness (QED) is 0.728. The van der Waals surface area contributed by atoms with Crippen molar-refractivity contribution in [1.29, 1.82) is 0 Å². The summed E-state index contributed by atoms with van der Waals surface area (Å²) in [6, 6.07) is 0.357. The Balaban J connectivity index is 2.84. The molecule has 0 radical (unpaired) electrons. The highest BCUT2D eigenvalue weighted by Gasteiger charge is 2.16. The molecule has 0 bridgehead atoms. The molecule has 6 heteroatoms. The van der Waals surface area contributed by atoms with Gasteiger partial charge in [-0.3, -0.25) is 0 Å². The van der Waals surface area contributed by atoms with Gasteiger partial charge < -0.3 is 15.4 Å². The Kier molecular flexibility index (Phi) is 6.65. The zero-order valence-electron chi connectivity index (χ0n) is 14.2. The van der Waals surface area contributed by atoms with E-state index in [4.69, 9.17) is 4.74 Å². The summed E-state index contributed by atoms with van der Waals surface area (Å²) in [7, 11) is 0. The van der Waals surface area contributed by atoms with Crippen LogP contribution in [0.5, 0.6) is 6.01 Å². The van der Waals surface area contributed by atoms with E-state index in [0.29, 0.717) is 17.9 Å². The van der Waals surface area contributed by atoms with Gasteiger partial charge in [-0.15, -0.1) is 0 Å². The summed E-state index contributed by atoms with van der Waals surface area (Å²) in [5.74, 6) is 1.11. The van der Waals surface area contributed by atoms with E-state index in [9.17, 15) is 0 Å². The molecule has 0 unspecified atom stereocenters. The van der Waals surface area contributed by atoms with Crippen LogP contribution in [-0.2, 0) is 0 Å². The molecule has 1 aromatic heterocycles. The molecule has 0 atom stereocenters. The molecule has 0 aromatic carbocycles. The van der Waals surface area contributed by atoms with Gasteiger partial charge in [0.1, 0.15) is 0 Å². The molecule has 120 valence electrons. The Bertz CT molecular complexity index is 434. The minimum atomic E-state index is 0.0337. The lowest BCUT2D eigenvalue weighted by molar-refractivity contribution is 0.222. The molecular formula is C15H29N5O. The molecule has 0 aliphatic heterocycles. The van der Waals surface area contributed by atoms with Crippen molar-refractivity contribution in [2.24, 2.45) is 5.41 Å². The third-order valence-corrected chi connectivity index (χ3v) is 3.17. The molecule has 0 spiro atoms. The average molecular weight is 295 g/mol. The lowest BCUT2D eigenvalue weighted by Gasteiger charge is -2.23. The van der Waals surface area contributed by atoms with Gasteiger partial charge in [0, 0.05) is 13.1 Å². The Morgan fingerprint density at radius 3 is 2.19 bits per heavy atom. The first kappa shape index (κ1) is 17.5. The van der Waals surface area contributed by atoms with E-state index in [1.165, 1.54) is 0 Å². The van der Waals surface area contributed by atoms with Crippen molar-refractivity contribution >= 4 is 11.9 Å². The molecule has 6 nitrogen and oxygen atoms in total. The van der Waals surface area contributed by atoms with Crippen molar-refractivity contribution in [2.45, 2.75) is 60.5 Å². The zero-order valence-corrected chi connectivity index (χ0v) is 14.2. The fourth-order valence-corrected chi connectivity index (χ4v) is 1.46. The summed E-state index contributed by atoms with van der Waals surface area (Å²) in [6.45, 7) is 14.2. The van der Waals surface area contributed by atoms with Crippen molar-refractivity contribution in [3.8, 4) is 6.01 Å². The highest BCUT2D eigenvalue weighted by atomic mass is 16.5. The molecule has 1 heterocycles. The molecule has 1 aromatic rings. The van der Waals surface area contributed by atoms with E-state index >= 15 is 0 Å². The monoisotopic (exact) mass is 295 g/mol. The SMILES string of the molecule is CCCNc1nc(NCC(C)(C)CC)nc(OC(C)C)n1. The van der Waals surface area contributed by atoms with Gasteiger partial charge in [-0.1, -0.05) is 27.7 Å². The van der Waals surface area contributed by atoms with Crippen LogP contribution in [0.1, 0.15) is 54.4 Å². The maximum atomic E-state index is 5.59. The maximum absolute atomic E-state index is 5.59.